The van der Waals surface area contributed by atoms with Crippen LogP contribution in [-0.2, 0) is 6.61 Å². The maximum atomic E-state index is 13.7. The Balaban J connectivity index is 2.83. The van der Waals surface area contributed by atoms with Crippen LogP contribution in [-0.4, -0.2) is 17.2 Å². The van der Waals surface area contributed by atoms with Crippen LogP contribution in [0.1, 0.15) is 11.3 Å². The van der Waals surface area contributed by atoms with E-state index in [9.17, 15) is 4.39 Å². The molecule has 1 heterocycles. The van der Waals surface area contributed by atoms with Crippen molar-refractivity contribution in [3.05, 3.63) is 35.3 Å². The zero-order chi connectivity index (χ0) is 11.7. The number of pyridine rings is 1. The second kappa shape index (κ2) is 4.06. The first-order chi connectivity index (χ1) is 7.65. The topological polar surface area (TPSA) is 42.4 Å². The van der Waals surface area contributed by atoms with Gasteiger partial charge in [-0.05, 0) is 24.6 Å². The Morgan fingerprint density at radius 3 is 2.75 bits per heavy atom. The van der Waals surface area contributed by atoms with Crippen LogP contribution < -0.4 is 4.74 Å². The average molecular weight is 221 g/mol. The van der Waals surface area contributed by atoms with Gasteiger partial charge in [-0.2, -0.15) is 0 Å². The number of aryl methyl sites for hydroxylation is 1. The Morgan fingerprint density at radius 1 is 1.38 bits per heavy atom. The van der Waals surface area contributed by atoms with E-state index in [0.29, 0.717) is 22.4 Å². The van der Waals surface area contributed by atoms with Crippen LogP contribution in [0.25, 0.3) is 10.9 Å². The fraction of sp³-hybridized carbons (Fsp3) is 0.250. The van der Waals surface area contributed by atoms with Gasteiger partial charge in [-0.3, -0.25) is 0 Å². The molecule has 2 aromatic rings. The summed E-state index contributed by atoms with van der Waals surface area (Å²) < 4.78 is 18.9. The molecule has 1 aromatic heterocycles. The number of aliphatic hydroxyl groups is 1. The molecule has 1 N–H and O–H groups in total. The van der Waals surface area contributed by atoms with Crippen molar-refractivity contribution in [1.29, 1.82) is 0 Å². The molecule has 0 saturated heterocycles. The van der Waals surface area contributed by atoms with Gasteiger partial charge in [0.15, 0.2) is 0 Å². The minimum Gasteiger partial charge on any atom is -0.496 e. The summed E-state index contributed by atoms with van der Waals surface area (Å²) in [6, 6.07) is 4.71. The molecular formula is C12H12FNO2. The van der Waals surface area contributed by atoms with Crippen LogP contribution >= 0.6 is 0 Å². The first-order valence-corrected chi connectivity index (χ1v) is 4.90. The minimum atomic E-state index is -0.441. The molecule has 0 fully saturated rings. The highest BCUT2D eigenvalue weighted by molar-refractivity contribution is 5.86. The second-order valence-electron chi connectivity index (χ2n) is 3.60. The standard InChI is InChI=1S/C12H12FNO2/c1-7-3-11(16-2)9-4-8(6-15)5-10(13)12(9)14-7/h3-5,15H,6H2,1-2H3. The van der Waals surface area contributed by atoms with Crippen LogP contribution in [0.15, 0.2) is 18.2 Å². The molecule has 0 aliphatic carbocycles. The number of hydrogen-bond donors (Lipinski definition) is 1. The van der Waals surface area contributed by atoms with Gasteiger partial charge >= 0.3 is 0 Å². The summed E-state index contributed by atoms with van der Waals surface area (Å²) in [6.07, 6.45) is 0. The molecule has 0 aliphatic rings. The first-order valence-electron chi connectivity index (χ1n) is 4.90. The van der Waals surface area contributed by atoms with E-state index in [4.69, 9.17) is 9.84 Å². The molecule has 0 amide bonds. The summed E-state index contributed by atoms with van der Waals surface area (Å²) in [5, 5.41) is 9.59. The number of aliphatic hydroxyl groups excluding tert-OH is 1. The number of halogens is 1. The molecule has 1 aromatic carbocycles. The first kappa shape index (κ1) is 10.8. The molecule has 16 heavy (non-hydrogen) atoms. The van der Waals surface area contributed by atoms with E-state index < -0.39 is 5.82 Å². The maximum absolute atomic E-state index is 13.7. The van der Waals surface area contributed by atoms with Crippen molar-refractivity contribution in [3.63, 3.8) is 0 Å². The van der Waals surface area contributed by atoms with Crippen LogP contribution in [0.5, 0.6) is 5.75 Å². The summed E-state index contributed by atoms with van der Waals surface area (Å²) in [6.45, 7) is 1.57. The average Bonchev–Trinajstić information content (AvgIpc) is 2.28. The van der Waals surface area contributed by atoms with Crippen molar-refractivity contribution < 1.29 is 14.2 Å². The zero-order valence-electron chi connectivity index (χ0n) is 9.12. The highest BCUT2D eigenvalue weighted by atomic mass is 19.1. The lowest BCUT2D eigenvalue weighted by atomic mass is 10.1. The van der Waals surface area contributed by atoms with Gasteiger partial charge in [-0.1, -0.05) is 0 Å². The lowest BCUT2D eigenvalue weighted by Gasteiger charge is -2.08. The molecule has 0 bridgehead atoms. The Bertz CT molecular complexity index is 540. The molecule has 0 atom stereocenters. The molecule has 84 valence electrons. The Kier molecular flexibility index (Phi) is 2.75. The van der Waals surface area contributed by atoms with Crippen molar-refractivity contribution in [1.82, 2.24) is 4.98 Å². The third-order valence-electron chi connectivity index (χ3n) is 2.42. The number of hydrogen-bond acceptors (Lipinski definition) is 3. The van der Waals surface area contributed by atoms with Gasteiger partial charge in [-0.25, -0.2) is 9.37 Å². The van der Waals surface area contributed by atoms with Crippen molar-refractivity contribution in [2.45, 2.75) is 13.5 Å². The van der Waals surface area contributed by atoms with E-state index in [0.717, 1.165) is 0 Å². The van der Waals surface area contributed by atoms with E-state index >= 15 is 0 Å². The van der Waals surface area contributed by atoms with E-state index in [1.165, 1.54) is 13.2 Å². The number of rotatable bonds is 2. The molecule has 2 rings (SSSR count). The summed E-state index contributed by atoms with van der Waals surface area (Å²) in [5.74, 6) is 0.125. The lowest BCUT2D eigenvalue weighted by Crippen LogP contribution is -1.95. The summed E-state index contributed by atoms with van der Waals surface area (Å²) in [7, 11) is 1.53. The van der Waals surface area contributed by atoms with Crippen LogP contribution in [0.2, 0.25) is 0 Å². The third kappa shape index (κ3) is 1.72. The van der Waals surface area contributed by atoms with Crippen molar-refractivity contribution in [3.8, 4) is 5.75 Å². The van der Waals surface area contributed by atoms with Crippen LogP contribution in [0.3, 0.4) is 0 Å². The largest absolute Gasteiger partial charge is 0.496 e. The Hall–Kier alpha value is -1.68. The third-order valence-corrected chi connectivity index (χ3v) is 2.42. The molecule has 0 saturated carbocycles. The van der Waals surface area contributed by atoms with Crippen molar-refractivity contribution >= 4 is 10.9 Å². The monoisotopic (exact) mass is 221 g/mol. The molecule has 0 spiro atoms. The summed E-state index contributed by atoms with van der Waals surface area (Å²) >= 11 is 0. The highest BCUT2D eigenvalue weighted by Crippen LogP contribution is 2.28. The highest BCUT2D eigenvalue weighted by Gasteiger charge is 2.10. The lowest BCUT2D eigenvalue weighted by molar-refractivity contribution is 0.281. The van der Waals surface area contributed by atoms with E-state index in [1.54, 1.807) is 19.1 Å². The van der Waals surface area contributed by atoms with Crippen molar-refractivity contribution in [2.75, 3.05) is 7.11 Å². The van der Waals surface area contributed by atoms with Gasteiger partial charge in [-0.15, -0.1) is 0 Å². The quantitative estimate of drug-likeness (QED) is 0.845. The van der Waals surface area contributed by atoms with Gasteiger partial charge in [0.25, 0.3) is 0 Å². The number of methoxy groups -OCH3 is 1. The fourth-order valence-electron chi connectivity index (χ4n) is 1.69. The van der Waals surface area contributed by atoms with Gasteiger partial charge < -0.3 is 9.84 Å². The number of benzene rings is 1. The predicted molar refractivity (Wildman–Crippen MR) is 58.9 cm³/mol. The van der Waals surface area contributed by atoms with Gasteiger partial charge in [0.1, 0.15) is 17.1 Å². The van der Waals surface area contributed by atoms with Gasteiger partial charge in [0.05, 0.1) is 13.7 Å². The summed E-state index contributed by atoms with van der Waals surface area (Å²) in [5.41, 5.74) is 1.48. The number of aromatic nitrogens is 1. The van der Waals surface area contributed by atoms with E-state index in [1.807, 2.05) is 0 Å². The Morgan fingerprint density at radius 2 is 2.12 bits per heavy atom. The Labute approximate surface area is 92.5 Å². The number of nitrogens with zero attached hydrogens (tertiary/aromatic N) is 1. The predicted octanol–water partition coefficient (Wildman–Crippen LogP) is 2.18. The van der Waals surface area contributed by atoms with Gasteiger partial charge in [0.2, 0.25) is 0 Å². The number of fused-ring (bicyclic) bond motifs is 1. The van der Waals surface area contributed by atoms with Crippen LogP contribution in [0.4, 0.5) is 4.39 Å². The molecule has 3 nitrogen and oxygen atoms in total. The molecule has 0 radical (unpaired) electrons. The normalized spacial score (nSPS) is 10.8. The zero-order valence-corrected chi connectivity index (χ0v) is 9.12. The smallest absolute Gasteiger partial charge is 0.149 e. The van der Waals surface area contributed by atoms with Crippen molar-refractivity contribution in [2.24, 2.45) is 0 Å². The minimum absolute atomic E-state index is 0.204. The van der Waals surface area contributed by atoms with Gasteiger partial charge in [0, 0.05) is 17.1 Å². The van der Waals surface area contributed by atoms with E-state index in [-0.39, 0.29) is 12.1 Å². The number of ether oxygens (including phenoxy) is 1. The second-order valence-corrected chi connectivity index (χ2v) is 3.60. The fourth-order valence-corrected chi connectivity index (χ4v) is 1.69. The van der Waals surface area contributed by atoms with E-state index in [2.05, 4.69) is 4.98 Å². The summed E-state index contributed by atoms with van der Waals surface area (Å²) in [4.78, 5) is 4.12. The van der Waals surface area contributed by atoms with Crippen LogP contribution in [0, 0.1) is 12.7 Å². The molecule has 4 heteroatoms. The molecular weight excluding hydrogens is 209 g/mol. The molecule has 0 unspecified atom stereocenters. The maximum Gasteiger partial charge on any atom is 0.149 e. The SMILES string of the molecule is COc1cc(C)nc2c(F)cc(CO)cc12. The molecule has 0 aliphatic heterocycles.